The van der Waals surface area contributed by atoms with Crippen LogP contribution >= 0.6 is 11.6 Å². The zero-order valence-electron chi connectivity index (χ0n) is 22.4. The van der Waals surface area contributed by atoms with Crippen LogP contribution in [0.4, 0.5) is 10.1 Å². The van der Waals surface area contributed by atoms with E-state index in [2.05, 4.69) is 10.4 Å². The van der Waals surface area contributed by atoms with Crippen LogP contribution in [0, 0.1) is 5.82 Å². The molecule has 0 aliphatic rings. The van der Waals surface area contributed by atoms with Crippen LogP contribution in [0.15, 0.2) is 83.4 Å². The molecular weight excluding hydrogens is 535 g/mol. The topological polar surface area (TPSA) is 98.4 Å². The van der Waals surface area contributed by atoms with Gasteiger partial charge in [-0.25, -0.2) is 9.18 Å². The van der Waals surface area contributed by atoms with Crippen molar-refractivity contribution in [2.24, 2.45) is 0 Å². The molecule has 8 nitrogen and oxygen atoms in total. The SMILES string of the molecule is CCn1c(COCc2ccccc2)nn(-c2cc(C(C)C(C)=CO)c(C(=O)Nc3ccccc3Cl)cc2F)c1=O. The number of hydrogen-bond donors (Lipinski definition) is 2. The Morgan fingerprint density at radius 1 is 1.15 bits per heavy atom. The zero-order chi connectivity index (χ0) is 28.8. The van der Waals surface area contributed by atoms with E-state index < -0.39 is 23.3 Å². The summed E-state index contributed by atoms with van der Waals surface area (Å²) < 4.78 is 23.8. The number of carbonyl (C=O) groups excluding carboxylic acids is 1. The van der Waals surface area contributed by atoms with Gasteiger partial charge in [0.2, 0.25) is 0 Å². The molecule has 1 atom stereocenters. The Morgan fingerprint density at radius 2 is 1.85 bits per heavy atom. The van der Waals surface area contributed by atoms with E-state index in [0.29, 0.717) is 40.8 Å². The van der Waals surface area contributed by atoms with Crippen LogP contribution < -0.4 is 11.0 Å². The molecule has 0 fully saturated rings. The Bertz CT molecular complexity index is 1600. The van der Waals surface area contributed by atoms with Gasteiger partial charge in [0.15, 0.2) is 5.82 Å². The van der Waals surface area contributed by atoms with Crippen molar-refractivity contribution >= 4 is 23.2 Å². The molecule has 1 aromatic heterocycles. The first-order valence-corrected chi connectivity index (χ1v) is 13.1. The molecule has 0 aliphatic carbocycles. The van der Waals surface area contributed by atoms with Gasteiger partial charge in [0.05, 0.1) is 23.6 Å². The van der Waals surface area contributed by atoms with E-state index in [1.165, 1.54) is 10.6 Å². The first kappa shape index (κ1) is 28.8. The van der Waals surface area contributed by atoms with Gasteiger partial charge in [0, 0.05) is 18.0 Å². The Kier molecular flexibility index (Phi) is 9.19. The summed E-state index contributed by atoms with van der Waals surface area (Å²) in [6.45, 7) is 5.91. The van der Waals surface area contributed by atoms with Gasteiger partial charge >= 0.3 is 5.69 Å². The molecule has 208 valence electrons. The van der Waals surface area contributed by atoms with Crippen molar-refractivity contribution in [2.75, 3.05) is 5.32 Å². The van der Waals surface area contributed by atoms with E-state index in [4.69, 9.17) is 16.3 Å². The summed E-state index contributed by atoms with van der Waals surface area (Å²) in [6.07, 6.45) is 0.934. The second-order valence-corrected chi connectivity index (χ2v) is 9.66. The summed E-state index contributed by atoms with van der Waals surface area (Å²) in [6, 6.07) is 18.8. The van der Waals surface area contributed by atoms with Gasteiger partial charge < -0.3 is 15.2 Å². The Labute approximate surface area is 236 Å². The minimum atomic E-state index is -0.814. The highest BCUT2D eigenvalue weighted by atomic mass is 35.5. The lowest BCUT2D eigenvalue weighted by Crippen LogP contribution is -2.25. The quantitative estimate of drug-likeness (QED) is 0.218. The molecule has 1 unspecified atom stereocenters. The van der Waals surface area contributed by atoms with Gasteiger partial charge in [0.25, 0.3) is 5.91 Å². The fraction of sp³-hybridized carbons (Fsp3) is 0.233. The fourth-order valence-corrected chi connectivity index (χ4v) is 4.44. The van der Waals surface area contributed by atoms with Gasteiger partial charge in [-0.2, -0.15) is 4.68 Å². The Hall–Kier alpha value is -4.21. The van der Waals surface area contributed by atoms with Crippen molar-refractivity contribution in [1.82, 2.24) is 14.3 Å². The van der Waals surface area contributed by atoms with Crippen LogP contribution in [0.1, 0.15) is 54.0 Å². The van der Waals surface area contributed by atoms with Crippen LogP contribution in [-0.2, 0) is 24.5 Å². The Balaban J connectivity index is 1.73. The van der Waals surface area contributed by atoms with Gasteiger partial charge in [-0.15, -0.1) is 5.10 Å². The number of rotatable bonds is 10. The summed E-state index contributed by atoms with van der Waals surface area (Å²) in [5.74, 6) is -1.56. The van der Waals surface area contributed by atoms with Crippen molar-refractivity contribution in [3.63, 3.8) is 0 Å². The molecule has 3 aromatic carbocycles. The van der Waals surface area contributed by atoms with E-state index in [1.807, 2.05) is 30.3 Å². The molecule has 0 aliphatic heterocycles. The number of para-hydroxylation sites is 1. The second-order valence-electron chi connectivity index (χ2n) is 9.25. The van der Waals surface area contributed by atoms with Crippen LogP contribution in [0.5, 0.6) is 0 Å². The molecule has 40 heavy (non-hydrogen) atoms. The van der Waals surface area contributed by atoms with Crippen LogP contribution in [0.25, 0.3) is 5.69 Å². The van der Waals surface area contributed by atoms with Crippen LogP contribution in [-0.4, -0.2) is 25.4 Å². The first-order chi connectivity index (χ1) is 19.2. The number of ether oxygens (including phenoxy) is 1. The maximum Gasteiger partial charge on any atom is 0.350 e. The summed E-state index contributed by atoms with van der Waals surface area (Å²) in [4.78, 5) is 26.6. The monoisotopic (exact) mass is 564 g/mol. The maximum absolute atomic E-state index is 15.6. The van der Waals surface area contributed by atoms with Crippen molar-refractivity contribution < 1.29 is 19.0 Å². The summed E-state index contributed by atoms with van der Waals surface area (Å²) >= 11 is 6.20. The van der Waals surface area contributed by atoms with Crippen LogP contribution in [0.3, 0.4) is 0 Å². The molecule has 4 aromatic rings. The molecule has 10 heteroatoms. The molecular formula is C30H30ClFN4O4. The van der Waals surface area contributed by atoms with Crippen molar-refractivity contribution in [1.29, 1.82) is 0 Å². The lowest BCUT2D eigenvalue weighted by Gasteiger charge is -2.19. The number of nitrogens with one attached hydrogen (secondary N) is 1. The minimum Gasteiger partial charge on any atom is -0.516 e. The van der Waals surface area contributed by atoms with Gasteiger partial charge in [-0.05, 0) is 54.8 Å². The molecule has 1 amide bonds. The molecule has 0 bridgehead atoms. The molecule has 1 heterocycles. The van der Waals surface area contributed by atoms with E-state index in [9.17, 15) is 14.7 Å². The summed E-state index contributed by atoms with van der Waals surface area (Å²) in [5, 5.41) is 17.1. The second kappa shape index (κ2) is 12.8. The van der Waals surface area contributed by atoms with Gasteiger partial charge in [-0.3, -0.25) is 9.36 Å². The third-order valence-electron chi connectivity index (χ3n) is 6.67. The highest BCUT2D eigenvalue weighted by Crippen LogP contribution is 2.31. The third kappa shape index (κ3) is 6.16. The van der Waals surface area contributed by atoms with Crippen molar-refractivity contribution in [2.45, 2.75) is 46.4 Å². The number of halogens is 2. The number of amides is 1. The molecule has 0 radical (unpaired) electrons. The largest absolute Gasteiger partial charge is 0.516 e. The van der Waals surface area contributed by atoms with Crippen molar-refractivity contribution in [3.05, 3.63) is 122 Å². The number of aromatic nitrogens is 3. The average molecular weight is 565 g/mol. The Morgan fingerprint density at radius 3 is 2.52 bits per heavy atom. The number of allylic oxidation sites excluding steroid dienone is 1. The maximum atomic E-state index is 15.6. The number of anilines is 1. The van der Waals surface area contributed by atoms with E-state index >= 15 is 4.39 Å². The average Bonchev–Trinajstić information content (AvgIpc) is 3.28. The lowest BCUT2D eigenvalue weighted by atomic mass is 9.89. The van der Waals surface area contributed by atoms with E-state index in [1.54, 1.807) is 45.0 Å². The van der Waals surface area contributed by atoms with Crippen molar-refractivity contribution in [3.8, 4) is 5.69 Å². The first-order valence-electron chi connectivity index (χ1n) is 12.8. The number of nitrogens with zero attached hydrogens (tertiary/aromatic N) is 3. The van der Waals surface area contributed by atoms with E-state index in [0.717, 1.165) is 22.6 Å². The number of carbonyl (C=O) groups is 1. The molecule has 4 rings (SSSR count). The van der Waals surface area contributed by atoms with E-state index in [-0.39, 0.29) is 17.9 Å². The number of benzene rings is 3. The van der Waals surface area contributed by atoms with Gasteiger partial charge in [-0.1, -0.05) is 61.0 Å². The molecule has 0 saturated carbocycles. The highest BCUT2D eigenvalue weighted by molar-refractivity contribution is 6.33. The third-order valence-corrected chi connectivity index (χ3v) is 6.99. The summed E-state index contributed by atoms with van der Waals surface area (Å²) in [5.41, 5.74) is 1.63. The predicted octanol–water partition coefficient (Wildman–Crippen LogP) is 6.38. The van der Waals surface area contributed by atoms with Gasteiger partial charge in [0.1, 0.15) is 18.1 Å². The standard InChI is InChI=1S/C30H30ClFN4O4/c1-4-35-28(18-40-17-21-10-6-5-7-11-21)34-36(30(35)39)27-15-22(20(3)19(2)16-37)23(14-25(27)32)29(38)33-26-13-9-8-12-24(26)31/h5-16,20,37H,4,17-18H2,1-3H3,(H,33,38). The normalized spacial score (nSPS) is 12.4. The molecule has 2 N–H and O–H groups in total. The number of aliphatic hydroxyl groups excluding tert-OH is 1. The zero-order valence-corrected chi connectivity index (χ0v) is 23.2. The predicted molar refractivity (Wildman–Crippen MR) is 153 cm³/mol. The number of aliphatic hydroxyl groups is 1. The smallest absolute Gasteiger partial charge is 0.350 e. The molecule has 0 spiro atoms. The lowest BCUT2D eigenvalue weighted by molar-refractivity contribution is 0.0989. The highest BCUT2D eigenvalue weighted by Gasteiger charge is 2.24. The minimum absolute atomic E-state index is 0.0317. The molecule has 0 saturated heterocycles. The number of hydrogen-bond acceptors (Lipinski definition) is 5. The fourth-order valence-electron chi connectivity index (χ4n) is 4.26. The van der Waals surface area contributed by atoms with Crippen LogP contribution in [0.2, 0.25) is 5.02 Å². The summed E-state index contributed by atoms with van der Waals surface area (Å²) in [7, 11) is 0.